The lowest BCUT2D eigenvalue weighted by Crippen LogP contribution is -2.17. The normalized spacial score (nSPS) is 11.6. The van der Waals surface area contributed by atoms with Crippen molar-refractivity contribution in [3.63, 3.8) is 0 Å². The molecule has 114 valence electrons. The van der Waals surface area contributed by atoms with E-state index in [0.29, 0.717) is 17.2 Å². The second kappa shape index (κ2) is 7.53. The molecule has 0 saturated carbocycles. The molecule has 2 aromatic carbocycles. The minimum Gasteiger partial charge on any atom is -0.400 e. The van der Waals surface area contributed by atoms with Gasteiger partial charge < -0.3 is 9.05 Å². The van der Waals surface area contributed by atoms with Crippen molar-refractivity contribution in [2.75, 3.05) is 0 Å². The van der Waals surface area contributed by atoms with Gasteiger partial charge in [0, 0.05) is 5.70 Å². The first-order valence-electron chi connectivity index (χ1n) is 6.81. The van der Waals surface area contributed by atoms with Gasteiger partial charge in [0.25, 0.3) is 0 Å². The van der Waals surface area contributed by atoms with E-state index < -0.39 is 7.75 Å². The zero-order valence-corrected chi connectivity index (χ0v) is 13.2. The first kappa shape index (κ1) is 15.9. The molecule has 0 radical (unpaired) electrons. The molecule has 5 heteroatoms. The fourth-order valence-corrected chi connectivity index (χ4v) is 3.15. The highest BCUT2D eigenvalue weighted by atomic mass is 31.2. The van der Waals surface area contributed by atoms with Crippen LogP contribution in [0, 0.1) is 0 Å². The maximum atomic E-state index is 13.0. The van der Waals surface area contributed by atoms with Gasteiger partial charge >= 0.3 is 7.75 Å². The largest absolute Gasteiger partial charge is 0.541 e. The summed E-state index contributed by atoms with van der Waals surface area (Å²) in [5.74, 6) is 0.905. The van der Waals surface area contributed by atoms with Gasteiger partial charge in [-0.2, -0.15) is 0 Å². The predicted molar refractivity (Wildman–Crippen MR) is 88.8 cm³/mol. The van der Waals surface area contributed by atoms with Crippen molar-refractivity contribution in [2.24, 2.45) is 0 Å². The first-order chi connectivity index (χ1) is 10.6. The highest BCUT2D eigenvalue weighted by Crippen LogP contribution is 2.45. The highest BCUT2D eigenvalue weighted by Gasteiger charge is 2.29. The first-order valence-corrected chi connectivity index (χ1v) is 8.36. The maximum Gasteiger partial charge on any atom is 0.541 e. The Labute approximate surface area is 130 Å². The molecule has 0 amide bonds. The molecule has 0 saturated heterocycles. The van der Waals surface area contributed by atoms with Crippen LogP contribution in [0.2, 0.25) is 0 Å². The summed E-state index contributed by atoms with van der Waals surface area (Å²) >= 11 is 0. The Hall–Kier alpha value is -2.45. The van der Waals surface area contributed by atoms with E-state index in [1.54, 1.807) is 67.6 Å². The molecule has 4 nitrogen and oxygen atoms in total. The van der Waals surface area contributed by atoms with Gasteiger partial charge in [-0.25, -0.2) is 4.57 Å². The molecule has 0 spiro atoms. The van der Waals surface area contributed by atoms with E-state index in [9.17, 15) is 4.57 Å². The maximum absolute atomic E-state index is 13.0. The van der Waals surface area contributed by atoms with Crippen LogP contribution in [0.3, 0.4) is 0 Å². The third-order valence-electron chi connectivity index (χ3n) is 2.73. The number of hydrogen-bond acceptors (Lipinski definition) is 3. The van der Waals surface area contributed by atoms with E-state index in [2.05, 4.69) is 11.7 Å². The SMILES string of the molecule is C=C/C(=C\C)NP(=O)(Oc1ccccc1)Oc1ccccc1. The Morgan fingerprint density at radius 3 is 1.82 bits per heavy atom. The lowest BCUT2D eigenvalue weighted by Gasteiger charge is -2.21. The van der Waals surface area contributed by atoms with Crippen molar-refractivity contribution < 1.29 is 13.6 Å². The standard InChI is InChI=1S/C17H18NO3P/c1-3-15(4-2)18-22(19,20-16-11-7-5-8-12-16)21-17-13-9-6-10-14-17/h3-14H,1H2,2H3,(H,18,19)/b15-4+. The zero-order valence-electron chi connectivity index (χ0n) is 12.3. The molecule has 1 N–H and O–H groups in total. The molecule has 0 unspecified atom stereocenters. The second-order valence-corrected chi connectivity index (χ2v) is 5.95. The predicted octanol–water partition coefficient (Wildman–Crippen LogP) is 4.93. The van der Waals surface area contributed by atoms with Crippen LogP contribution in [0.5, 0.6) is 11.5 Å². The van der Waals surface area contributed by atoms with Crippen LogP contribution >= 0.6 is 7.75 Å². The lowest BCUT2D eigenvalue weighted by atomic mass is 10.3. The summed E-state index contributed by atoms with van der Waals surface area (Å²) in [5, 5.41) is 2.78. The monoisotopic (exact) mass is 315 g/mol. The average molecular weight is 315 g/mol. The summed E-state index contributed by atoms with van der Waals surface area (Å²) in [6.07, 6.45) is 3.29. The van der Waals surface area contributed by atoms with Crippen LogP contribution in [0.4, 0.5) is 0 Å². The summed E-state index contributed by atoms with van der Waals surface area (Å²) in [5.41, 5.74) is 0.565. The number of allylic oxidation sites excluding steroid dienone is 2. The molecule has 0 aromatic heterocycles. The Balaban J connectivity index is 2.27. The Morgan fingerprint density at radius 1 is 1.00 bits per heavy atom. The van der Waals surface area contributed by atoms with Gasteiger partial charge in [-0.1, -0.05) is 49.1 Å². The Kier molecular flexibility index (Phi) is 5.45. The van der Waals surface area contributed by atoms with Gasteiger partial charge in [0.2, 0.25) is 0 Å². The fraction of sp³-hybridized carbons (Fsp3) is 0.0588. The second-order valence-electron chi connectivity index (χ2n) is 4.37. The zero-order chi connectivity index (χ0) is 15.8. The van der Waals surface area contributed by atoms with Crippen LogP contribution in [0.1, 0.15) is 6.92 Å². The summed E-state index contributed by atoms with van der Waals surface area (Å²) < 4.78 is 24.2. The van der Waals surface area contributed by atoms with Crippen LogP contribution in [0.25, 0.3) is 0 Å². The molecule has 0 fully saturated rings. The molecule has 22 heavy (non-hydrogen) atoms. The quantitative estimate of drug-likeness (QED) is 0.581. The van der Waals surface area contributed by atoms with Crippen molar-refractivity contribution in [2.45, 2.75) is 6.92 Å². The minimum absolute atomic E-state index is 0.453. The van der Waals surface area contributed by atoms with Crippen molar-refractivity contribution in [1.29, 1.82) is 0 Å². The Bertz CT molecular complexity index is 638. The summed E-state index contributed by atoms with van der Waals surface area (Å²) in [4.78, 5) is 0. The molecule has 0 heterocycles. The van der Waals surface area contributed by atoms with Crippen molar-refractivity contribution >= 4 is 7.75 Å². The van der Waals surface area contributed by atoms with Crippen LogP contribution < -0.4 is 14.1 Å². The fourth-order valence-electron chi connectivity index (χ4n) is 1.69. The average Bonchev–Trinajstić information content (AvgIpc) is 2.54. The molecule has 2 aromatic rings. The van der Waals surface area contributed by atoms with E-state index in [1.165, 1.54) is 0 Å². The number of hydrogen-bond donors (Lipinski definition) is 1. The van der Waals surface area contributed by atoms with Gasteiger partial charge in [0.15, 0.2) is 0 Å². The van der Waals surface area contributed by atoms with E-state index in [-0.39, 0.29) is 0 Å². The number of benzene rings is 2. The minimum atomic E-state index is -3.64. The summed E-state index contributed by atoms with van der Waals surface area (Å²) in [7, 11) is -3.64. The molecular weight excluding hydrogens is 297 g/mol. The molecule has 0 aliphatic heterocycles. The number of nitrogens with one attached hydrogen (secondary N) is 1. The van der Waals surface area contributed by atoms with Gasteiger partial charge in [0.1, 0.15) is 11.5 Å². The smallest absolute Gasteiger partial charge is 0.400 e. The van der Waals surface area contributed by atoms with Crippen LogP contribution in [0.15, 0.2) is 85.1 Å². The molecule has 0 bridgehead atoms. The van der Waals surface area contributed by atoms with Gasteiger partial charge in [0.05, 0.1) is 0 Å². The highest BCUT2D eigenvalue weighted by molar-refractivity contribution is 7.52. The van der Waals surface area contributed by atoms with Gasteiger partial charge in [-0.05, 0) is 37.3 Å². The third-order valence-corrected chi connectivity index (χ3v) is 4.17. The Morgan fingerprint density at radius 2 is 1.45 bits per heavy atom. The van der Waals surface area contributed by atoms with Crippen LogP contribution in [-0.2, 0) is 4.57 Å². The van der Waals surface area contributed by atoms with Crippen molar-refractivity contribution in [1.82, 2.24) is 5.09 Å². The summed E-state index contributed by atoms with van der Waals surface area (Å²) in [6.45, 7) is 5.47. The number of rotatable bonds is 7. The van der Waals surface area contributed by atoms with Crippen molar-refractivity contribution in [3.05, 3.63) is 85.1 Å². The van der Waals surface area contributed by atoms with E-state index in [1.807, 2.05) is 12.1 Å². The van der Waals surface area contributed by atoms with Gasteiger partial charge in [-0.15, -0.1) is 0 Å². The summed E-state index contributed by atoms with van der Waals surface area (Å²) in [6, 6.07) is 17.8. The molecule has 0 atom stereocenters. The molecule has 2 rings (SSSR count). The third kappa shape index (κ3) is 4.54. The number of para-hydroxylation sites is 2. The molecular formula is C17H18NO3P. The topological polar surface area (TPSA) is 47.6 Å². The van der Waals surface area contributed by atoms with Crippen LogP contribution in [-0.4, -0.2) is 0 Å². The van der Waals surface area contributed by atoms with E-state index in [0.717, 1.165) is 0 Å². The molecule has 0 aliphatic carbocycles. The lowest BCUT2D eigenvalue weighted by molar-refractivity contribution is 0.377. The molecule has 0 aliphatic rings. The van der Waals surface area contributed by atoms with E-state index in [4.69, 9.17) is 9.05 Å². The van der Waals surface area contributed by atoms with E-state index >= 15 is 0 Å². The van der Waals surface area contributed by atoms with Crippen molar-refractivity contribution in [3.8, 4) is 11.5 Å². The van der Waals surface area contributed by atoms with Gasteiger partial charge in [-0.3, -0.25) is 5.09 Å².